The normalized spacial score (nSPS) is 10.4. The number of nitrogens with zero attached hydrogens (tertiary/aromatic N) is 2. The fourth-order valence-electron chi connectivity index (χ4n) is 3.22. The Morgan fingerprint density at radius 1 is 1.17 bits per heavy atom. The first kappa shape index (κ1) is 19.9. The van der Waals surface area contributed by atoms with E-state index in [9.17, 15) is 20.0 Å². The summed E-state index contributed by atoms with van der Waals surface area (Å²) in [4.78, 5) is 25.8. The second-order valence-electron chi connectivity index (χ2n) is 6.56. The predicted molar refractivity (Wildman–Crippen MR) is 108 cm³/mol. The molecule has 0 aliphatic heterocycles. The average molecular weight is 388 g/mol. The first-order valence-corrected chi connectivity index (χ1v) is 9.07. The number of aromatic hydroxyl groups is 1. The van der Waals surface area contributed by atoms with Crippen LogP contribution >= 0.6 is 0 Å². The Balaban J connectivity index is 2.10. The van der Waals surface area contributed by atoms with Gasteiger partial charge >= 0.3 is 0 Å². The van der Waals surface area contributed by atoms with Crippen molar-refractivity contribution in [3.63, 3.8) is 0 Å². The molecule has 0 amide bonds. The Labute approximate surface area is 168 Å². The minimum atomic E-state index is -0.611. The van der Waals surface area contributed by atoms with Gasteiger partial charge in [0.05, 0.1) is 12.7 Å². The van der Waals surface area contributed by atoms with Crippen LogP contribution in [-0.4, -0.2) is 22.6 Å². The lowest BCUT2D eigenvalue weighted by atomic mass is 9.97. The van der Waals surface area contributed by atoms with Crippen LogP contribution in [0.2, 0.25) is 0 Å². The van der Waals surface area contributed by atoms with E-state index in [1.54, 1.807) is 24.3 Å². The molecule has 3 rings (SSSR count). The fraction of sp³-hybridized carbons (Fsp3) is 0.174. The molecule has 6 heteroatoms. The molecule has 0 saturated heterocycles. The number of aryl methyl sites for hydroxylation is 1. The van der Waals surface area contributed by atoms with Crippen molar-refractivity contribution in [2.24, 2.45) is 0 Å². The maximum Gasteiger partial charge on any atom is 0.271 e. The first-order chi connectivity index (χ1) is 14.0. The number of aromatic nitrogens is 1. The smallest absolute Gasteiger partial charge is 0.271 e. The Hall–Kier alpha value is -3.85. The van der Waals surface area contributed by atoms with Gasteiger partial charge in [-0.2, -0.15) is 5.26 Å². The zero-order valence-corrected chi connectivity index (χ0v) is 16.2. The summed E-state index contributed by atoms with van der Waals surface area (Å²) >= 11 is 0. The van der Waals surface area contributed by atoms with Crippen LogP contribution < -0.4 is 10.3 Å². The lowest BCUT2D eigenvalue weighted by molar-refractivity contribution is 0.103. The second kappa shape index (κ2) is 8.44. The number of rotatable bonds is 6. The molecule has 0 radical (unpaired) electrons. The Bertz CT molecular complexity index is 1160. The maximum absolute atomic E-state index is 13.1. The van der Waals surface area contributed by atoms with E-state index in [4.69, 9.17) is 4.74 Å². The third kappa shape index (κ3) is 3.90. The van der Waals surface area contributed by atoms with Crippen LogP contribution in [0.1, 0.15) is 32.6 Å². The summed E-state index contributed by atoms with van der Waals surface area (Å²) in [5, 5.41) is 20.3. The minimum Gasteiger partial charge on any atom is -0.497 e. The van der Waals surface area contributed by atoms with Crippen molar-refractivity contribution in [2.45, 2.75) is 19.9 Å². The molecule has 1 aromatic heterocycles. The molecule has 2 aromatic carbocycles. The van der Waals surface area contributed by atoms with E-state index in [0.29, 0.717) is 17.7 Å². The average Bonchev–Trinajstić information content (AvgIpc) is 2.74. The molecule has 1 heterocycles. The number of ketones is 1. The monoisotopic (exact) mass is 388 g/mol. The fourth-order valence-corrected chi connectivity index (χ4v) is 3.22. The van der Waals surface area contributed by atoms with E-state index in [2.05, 4.69) is 0 Å². The number of hydrogen-bond donors (Lipinski definition) is 1. The molecule has 0 atom stereocenters. The van der Waals surface area contributed by atoms with Crippen LogP contribution in [0.5, 0.6) is 11.6 Å². The van der Waals surface area contributed by atoms with Gasteiger partial charge in [-0.3, -0.25) is 14.2 Å². The Morgan fingerprint density at radius 3 is 2.55 bits per heavy atom. The summed E-state index contributed by atoms with van der Waals surface area (Å²) in [6.45, 7) is 1.64. The number of hydrogen-bond acceptors (Lipinski definition) is 5. The predicted octanol–water partition coefficient (Wildman–Crippen LogP) is 3.22. The molecule has 0 spiro atoms. The number of nitriles is 1. The molecule has 6 nitrogen and oxygen atoms in total. The number of pyridine rings is 1. The third-order valence-electron chi connectivity index (χ3n) is 4.83. The van der Waals surface area contributed by atoms with E-state index in [1.165, 1.54) is 14.0 Å². The van der Waals surface area contributed by atoms with Crippen molar-refractivity contribution in [1.82, 2.24) is 4.57 Å². The highest BCUT2D eigenvalue weighted by atomic mass is 16.5. The van der Waals surface area contributed by atoms with E-state index in [-0.39, 0.29) is 23.2 Å². The molecule has 0 fully saturated rings. The number of carbonyl (C=O) groups excluding carboxylic acids is 1. The van der Waals surface area contributed by atoms with Crippen molar-refractivity contribution < 1.29 is 14.6 Å². The van der Waals surface area contributed by atoms with E-state index < -0.39 is 17.2 Å². The summed E-state index contributed by atoms with van der Waals surface area (Å²) in [6.07, 6.45) is 0.467. The van der Waals surface area contributed by atoms with E-state index >= 15 is 0 Å². The van der Waals surface area contributed by atoms with Crippen molar-refractivity contribution >= 4 is 5.78 Å². The van der Waals surface area contributed by atoms with E-state index in [1.807, 2.05) is 36.4 Å². The lowest BCUT2D eigenvalue weighted by Crippen LogP contribution is -2.27. The summed E-state index contributed by atoms with van der Waals surface area (Å²) in [5.41, 5.74) is 0.613. The number of carbonyl (C=O) groups is 1. The maximum atomic E-state index is 13.1. The summed E-state index contributed by atoms with van der Waals surface area (Å²) in [6, 6.07) is 17.8. The summed E-state index contributed by atoms with van der Waals surface area (Å²) in [5.74, 6) is -0.426. The minimum absolute atomic E-state index is 0.0533. The quantitative estimate of drug-likeness (QED) is 0.655. The lowest BCUT2D eigenvalue weighted by Gasteiger charge is -2.16. The molecular formula is C23H20N2O4. The zero-order valence-electron chi connectivity index (χ0n) is 16.2. The number of benzene rings is 2. The number of ether oxygens (including phenoxy) is 1. The standard InChI is InChI=1S/C23H20N2O4/c1-15-19(14-24)22(27)25(12-11-16-7-4-3-5-8-16)23(28)20(15)21(26)17-9-6-10-18(13-17)29-2/h3-10,13,28H,11-12H2,1-2H3. The molecular weight excluding hydrogens is 368 g/mol. The van der Waals surface area contributed by atoms with Gasteiger partial charge in [0.15, 0.2) is 5.78 Å². The number of methoxy groups -OCH3 is 1. The van der Waals surface area contributed by atoms with Crippen LogP contribution in [-0.2, 0) is 13.0 Å². The van der Waals surface area contributed by atoms with Crippen molar-refractivity contribution in [3.8, 4) is 17.7 Å². The molecule has 146 valence electrons. The second-order valence-corrected chi connectivity index (χ2v) is 6.56. The van der Waals surface area contributed by atoms with Gasteiger partial charge in [0, 0.05) is 12.1 Å². The van der Waals surface area contributed by atoms with E-state index in [0.717, 1.165) is 10.1 Å². The third-order valence-corrected chi connectivity index (χ3v) is 4.83. The molecule has 3 aromatic rings. The topological polar surface area (TPSA) is 92.3 Å². The summed E-state index contributed by atoms with van der Waals surface area (Å²) in [7, 11) is 1.49. The first-order valence-electron chi connectivity index (χ1n) is 9.07. The highest BCUT2D eigenvalue weighted by Gasteiger charge is 2.25. The van der Waals surface area contributed by atoms with Gasteiger partial charge in [-0.25, -0.2) is 0 Å². The molecule has 0 unspecified atom stereocenters. The molecule has 0 aliphatic carbocycles. The van der Waals surface area contributed by atoms with Gasteiger partial charge in [0.2, 0.25) is 5.88 Å². The molecule has 0 aliphatic rings. The largest absolute Gasteiger partial charge is 0.497 e. The van der Waals surface area contributed by atoms with Crippen LogP contribution in [0.15, 0.2) is 59.4 Å². The van der Waals surface area contributed by atoms with Gasteiger partial charge < -0.3 is 9.84 Å². The molecule has 1 N–H and O–H groups in total. The van der Waals surface area contributed by atoms with Crippen molar-refractivity contribution in [3.05, 3.63) is 92.8 Å². The van der Waals surface area contributed by atoms with Gasteiger partial charge in [0.25, 0.3) is 5.56 Å². The highest BCUT2D eigenvalue weighted by Crippen LogP contribution is 2.26. The van der Waals surface area contributed by atoms with Crippen LogP contribution in [0.25, 0.3) is 0 Å². The molecule has 29 heavy (non-hydrogen) atoms. The highest BCUT2D eigenvalue weighted by molar-refractivity contribution is 6.11. The van der Waals surface area contributed by atoms with Crippen molar-refractivity contribution in [1.29, 1.82) is 5.26 Å². The van der Waals surface area contributed by atoms with Crippen LogP contribution in [0.3, 0.4) is 0 Å². The van der Waals surface area contributed by atoms with Gasteiger partial charge in [-0.15, -0.1) is 0 Å². The summed E-state index contributed by atoms with van der Waals surface area (Å²) < 4.78 is 6.24. The van der Waals surface area contributed by atoms with Gasteiger partial charge in [0.1, 0.15) is 17.4 Å². The Kier molecular flexibility index (Phi) is 5.79. The van der Waals surface area contributed by atoms with Crippen molar-refractivity contribution in [2.75, 3.05) is 7.11 Å². The van der Waals surface area contributed by atoms with Crippen LogP contribution in [0, 0.1) is 18.3 Å². The molecule has 0 bridgehead atoms. The zero-order chi connectivity index (χ0) is 21.0. The molecule has 0 saturated carbocycles. The van der Waals surface area contributed by atoms with Crippen LogP contribution in [0.4, 0.5) is 0 Å². The SMILES string of the molecule is COc1cccc(C(=O)c2c(C)c(C#N)c(=O)n(CCc3ccccc3)c2O)c1. The van der Waals surface area contributed by atoms with Gasteiger partial charge in [-0.1, -0.05) is 42.5 Å². The Morgan fingerprint density at radius 2 is 1.90 bits per heavy atom. The van der Waals surface area contributed by atoms with Gasteiger partial charge in [-0.05, 0) is 36.6 Å².